The van der Waals surface area contributed by atoms with Gasteiger partial charge in [0.15, 0.2) is 0 Å². The fourth-order valence-corrected chi connectivity index (χ4v) is 1.94. The molecule has 1 fully saturated rings. The summed E-state index contributed by atoms with van der Waals surface area (Å²) in [6.45, 7) is 10.7. The van der Waals surface area contributed by atoms with Gasteiger partial charge in [0.1, 0.15) is 18.1 Å². The van der Waals surface area contributed by atoms with Crippen LogP contribution >= 0.6 is 0 Å². The summed E-state index contributed by atoms with van der Waals surface area (Å²) in [4.78, 5) is 0. The van der Waals surface area contributed by atoms with Crippen molar-refractivity contribution in [3.63, 3.8) is 0 Å². The average Bonchev–Trinajstić information content (AvgIpc) is 3.10. The molecule has 0 atom stereocenters. The van der Waals surface area contributed by atoms with Crippen LogP contribution in [0.25, 0.3) is 0 Å². The summed E-state index contributed by atoms with van der Waals surface area (Å²) in [6, 6.07) is 2.77. The van der Waals surface area contributed by atoms with Gasteiger partial charge in [0.25, 0.3) is 0 Å². The molecule has 1 saturated carbocycles. The van der Waals surface area contributed by atoms with E-state index in [0.29, 0.717) is 25.9 Å². The monoisotopic (exact) mass is 281 g/mol. The molecule has 1 aliphatic carbocycles. The molecule has 0 saturated heterocycles. The summed E-state index contributed by atoms with van der Waals surface area (Å²) in [5.41, 5.74) is 1.09. The molecule has 0 aromatic carbocycles. The normalized spacial score (nSPS) is 15.8. The van der Waals surface area contributed by atoms with E-state index in [-0.39, 0.29) is 5.60 Å². The molecule has 4 nitrogen and oxygen atoms in total. The highest BCUT2D eigenvalue weighted by Gasteiger charge is 2.21. The minimum absolute atomic E-state index is 0.105. The van der Waals surface area contributed by atoms with Crippen molar-refractivity contribution in [2.24, 2.45) is 0 Å². The van der Waals surface area contributed by atoms with Crippen molar-refractivity contribution in [1.82, 2.24) is 5.32 Å². The topological polar surface area (TPSA) is 43.6 Å². The van der Waals surface area contributed by atoms with Crippen molar-refractivity contribution in [3.05, 3.63) is 23.2 Å². The first-order valence-corrected chi connectivity index (χ1v) is 7.47. The van der Waals surface area contributed by atoms with Crippen LogP contribution in [0.2, 0.25) is 0 Å². The molecule has 1 aliphatic rings. The number of furan rings is 1. The zero-order valence-corrected chi connectivity index (χ0v) is 13.1. The van der Waals surface area contributed by atoms with Crippen LogP contribution in [0.15, 0.2) is 10.5 Å². The van der Waals surface area contributed by atoms with E-state index in [9.17, 15) is 0 Å². The molecule has 114 valence electrons. The van der Waals surface area contributed by atoms with Gasteiger partial charge in [-0.1, -0.05) is 0 Å². The number of hydrogen-bond acceptors (Lipinski definition) is 4. The van der Waals surface area contributed by atoms with Gasteiger partial charge >= 0.3 is 0 Å². The Morgan fingerprint density at radius 2 is 2.05 bits per heavy atom. The maximum absolute atomic E-state index is 5.81. The molecule has 1 heterocycles. The van der Waals surface area contributed by atoms with Gasteiger partial charge in [-0.15, -0.1) is 0 Å². The Hall–Kier alpha value is -0.840. The smallest absolute Gasteiger partial charge is 0.130 e. The molecule has 0 aliphatic heterocycles. The Morgan fingerprint density at radius 1 is 1.30 bits per heavy atom. The second kappa shape index (κ2) is 6.74. The van der Waals surface area contributed by atoms with Gasteiger partial charge in [-0.25, -0.2) is 0 Å². The van der Waals surface area contributed by atoms with Crippen LogP contribution in [-0.2, 0) is 22.6 Å². The predicted molar refractivity (Wildman–Crippen MR) is 78.7 cm³/mol. The van der Waals surface area contributed by atoms with E-state index in [1.807, 2.05) is 20.8 Å². The maximum Gasteiger partial charge on any atom is 0.130 e. The molecule has 0 radical (unpaired) electrons. The van der Waals surface area contributed by atoms with Gasteiger partial charge in [-0.2, -0.15) is 0 Å². The van der Waals surface area contributed by atoms with Crippen molar-refractivity contribution in [2.75, 3.05) is 13.2 Å². The van der Waals surface area contributed by atoms with Crippen LogP contribution in [0.3, 0.4) is 0 Å². The van der Waals surface area contributed by atoms with Crippen LogP contribution < -0.4 is 5.32 Å². The molecule has 2 rings (SSSR count). The number of hydrogen-bond donors (Lipinski definition) is 1. The van der Waals surface area contributed by atoms with Gasteiger partial charge in [-0.3, -0.25) is 0 Å². The lowest BCUT2D eigenvalue weighted by molar-refractivity contribution is -0.0395. The Kier molecular flexibility index (Phi) is 5.24. The lowest BCUT2D eigenvalue weighted by Gasteiger charge is -2.19. The summed E-state index contributed by atoms with van der Waals surface area (Å²) < 4.78 is 17.0. The van der Waals surface area contributed by atoms with Crippen LogP contribution in [-0.4, -0.2) is 24.9 Å². The van der Waals surface area contributed by atoms with Crippen LogP contribution in [0.4, 0.5) is 0 Å². The predicted octanol–water partition coefficient (Wildman–Crippen LogP) is 3.17. The van der Waals surface area contributed by atoms with E-state index in [2.05, 4.69) is 18.3 Å². The molecule has 4 heteroatoms. The average molecular weight is 281 g/mol. The lowest BCUT2D eigenvalue weighted by Crippen LogP contribution is -2.21. The second-order valence-electron chi connectivity index (χ2n) is 6.49. The van der Waals surface area contributed by atoms with Crippen molar-refractivity contribution < 1.29 is 13.9 Å². The SMILES string of the molecule is Cc1cc(COCCOC(C)(C)C)oc1CNC1CC1. The minimum atomic E-state index is -0.105. The van der Waals surface area contributed by atoms with E-state index < -0.39 is 0 Å². The fourth-order valence-electron chi connectivity index (χ4n) is 1.94. The van der Waals surface area contributed by atoms with E-state index in [0.717, 1.165) is 18.1 Å². The highest BCUT2D eigenvalue weighted by atomic mass is 16.5. The Bertz CT molecular complexity index is 416. The third-order valence-corrected chi connectivity index (χ3v) is 3.21. The van der Waals surface area contributed by atoms with E-state index >= 15 is 0 Å². The molecule has 0 unspecified atom stereocenters. The number of ether oxygens (including phenoxy) is 2. The maximum atomic E-state index is 5.81. The van der Waals surface area contributed by atoms with Gasteiger partial charge in [0, 0.05) is 6.04 Å². The molecular formula is C16H27NO3. The standard InChI is InChI=1S/C16H27NO3/c1-12-9-14(11-18-7-8-19-16(2,3)4)20-15(12)10-17-13-5-6-13/h9,13,17H,5-8,10-11H2,1-4H3. The van der Waals surface area contributed by atoms with Crippen molar-refractivity contribution >= 4 is 0 Å². The third kappa shape index (κ3) is 5.65. The lowest BCUT2D eigenvalue weighted by atomic mass is 10.2. The number of nitrogens with one attached hydrogen (secondary N) is 1. The van der Waals surface area contributed by atoms with E-state index in [4.69, 9.17) is 13.9 Å². The molecule has 0 amide bonds. The summed E-state index contributed by atoms with van der Waals surface area (Å²) in [7, 11) is 0. The quantitative estimate of drug-likeness (QED) is 0.743. The molecule has 0 bridgehead atoms. The molecule has 1 N–H and O–H groups in total. The van der Waals surface area contributed by atoms with Gasteiger partial charge in [-0.05, 0) is 52.2 Å². The van der Waals surface area contributed by atoms with Crippen molar-refractivity contribution in [1.29, 1.82) is 0 Å². The fraction of sp³-hybridized carbons (Fsp3) is 0.750. The summed E-state index contributed by atoms with van der Waals surface area (Å²) in [5.74, 6) is 1.92. The van der Waals surface area contributed by atoms with Gasteiger partial charge < -0.3 is 19.2 Å². The van der Waals surface area contributed by atoms with Crippen molar-refractivity contribution in [3.8, 4) is 0 Å². The number of aryl methyl sites for hydroxylation is 1. The first-order chi connectivity index (χ1) is 9.44. The first kappa shape index (κ1) is 15.5. The van der Waals surface area contributed by atoms with Gasteiger partial charge in [0.2, 0.25) is 0 Å². The van der Waals surface area contributed by atoms with Crippen LogP contribution in [0, 0.1) is 6.92 Å². The highest BCUT2D eigenvalue weighted by molar-refractivity contribution is 5.19. The Balaban J connectivity index is 1.66. The summed E-state index contributed by atoms with van der Waals surface area (Å²) in [6.07, 6.45) is 2.59. The molecular weight excluding hydrogens is 254 g/mol. The number of rotatable bonds is 8. The summed E-state index contributed by atoms with van der Waals surface area (Å²) in [5, 5.41) is 3.47. The highest BCUT2D eigenvalue weighted by Crippen LogP contribution is 2.21. The largest absolute Gasteiger partial charge is 0.462 e. The van der Waals surface area contributed by atoms with Gasteiger partial charge in [0.05, 0.1) is 25.4 Å². The zero-order chi connectivity index (χ0) is 14.6. The van der Waals surface area contributed by atoms with Crippen molar-refractivity contribution in [2.45, 2.75) is 65.3 Å². The van der Waals surface area contributed by atoms with Crippen LogP contribution in [0.5, 0.6) is 0 Å². The third-order valence-electron chi connectivity index (χ3n) is 3.21. The Labute approximate surface area is 121 Å². The Morgan fingerprint density at radius 3 is 2.70 bits per heavy atom. The molecule has 1 aromatic heterocycles. The minimum Gasteiger partial charge on any atom is -0.462 e. The first-order valence-electron chi connectivity index (χ1n) is 7.47. The zero-order valence-electron chi connectivity index (χ0n) is 13.1. The molecule has 1 aromatic rings. The molecule has 20 heavy (non-hydrogen) atoms. The van der Waals surface area contributed by atoms with E-state index in [1.54, 1.807) is 0 Å². The van der Waals surface area contributed by atoms with E-state index in [1.165, 1.54) is 18.4 Å². The second-order valence-corrected chi connectivity index (χ2v) is 6.49. The molecule has 0 spiro atoms. The van der Waals surface area contributed by atoms with Crippen LogP contribution in [0.1, 0.15) is 50.7 Å². The summed E-state index contributed by atoms with van der Waals surface area (Å²) >= 11 is 0.